The zero-order valence-electron chi connectivity index (χ0n) is 14.8. The Morgan fingerprint density at radius 1 is 1.38 bits per heavy atom. The van der Waals surface area contributed by atoms with E-state index >= 15 is 0 Å². The lowest BCUT2D eigenvalue weighted by molar-refractivity contribution is -0.0177. The summed E-state index contributed by atoms with van der Waals surface area (Å²) in [6.07, 6.45) is 2.98. The molecule has 1 aliphatic rings. The molecule has 6 nitrogen and oxygen atoms in total. The van der Waals surface area contributed by atoms with Crippen molar-refractivity contribution in [3.05, 3.63) is 59.4 Å². The fourth-order valence-corrected chi connectivity index (χ4v) is 3.51. The molecule has 1 N–H and O–H groups in total. The molecule has 0 spiro atoms. The number of methoxy groups -OCH3 is 1. The number of hydrogen-bond donors (Lipinski definition) is 1. The van der Waals surface area contributed by atoms with Crippen molar-refractivity contribution in [3.8, 4) is 11.8 Å². The fraction of sp³-hybridized carbons (Fsp3) is 0.350. The van der Waals surface area contributed by atoms with Gasteiger partial charge in [0.05, 0.1) is 13.2 Å². The lowest BCUT2D eigenvalue weighted by Crippen LogP contribution is -2.48. The van der Waals surface area contributed by atoms with E-state index in [1.807, 2.05) is 18.2 Å². The Kier molecular flexibility index (Phi) is 4.92. The van der Waals surface area contributed by atoms with Crippen molar-refractivity contribution in [1.82, 2.24) is 9.88 Å². The molecule has 0 aliphatic carbocycles. The first-order valence-corrected chi connectivity index (χ1v) is 8.51. The highest BCUT2D eigenvalue weighted by Crippen LogP contribution is 2.36. The van der Waals surface area contributed by atoms with E-state index in [9.17, 15) is 9.90 Å². The monoisotopic (exact) mass is 351 g/mol. The lowest BCUT2D eigenvalue weighted by atomic mass is 9.86. The van der Waals surface area contributed by atoms with E-state index in [1.54, 1.807) is 37.1 Å². The van der Waals surface area contributed by atoms with Crippen LogP contribution in [0.5, 0.6) is 5.75 Å². The van der Waals surface area contributed by atoms with Crippen LogP contribution < -0.4 is 4.74 Å². The number of nitriles is 1. The maximum Gasteiger partial charge on any atom is 0.254 e. The largest absolute Gasteiger partial charge is 0.497 e. The van der Waals surface area contributed by atoms with Gasteiger partial charge in [-0.3, -0.25) is 4.79 Å². The Hall–Kier alpha value is -2.91. The van der Waals surface area contributed by atoms with Crippen LogP contribution in [0.15, 0.2) is 42.6 Å². The van der Waals surface area contributed by atoms with E-state index in [1.165, 1.54) is 12.3 Å². The van der Waals surface area contributed by atoms with Crippen molar-refractivity contribution < 1.29 is 14.6 Å². The van der Waals surface area contributed by atoms with E-state index in [2.05, 4.69) is 4.98 Å². The van der Waals surface area contributed by atoms with Gasteiger partial charge >= 0.3 is 0 Å². The molecule has 1 aromatic heterocycles. The van der Waals surface area contributed by atoms with Crippen LogP contribution in [0.4, 0.5) is 0 Å². The normalized spacial score (nSPS) is 18.8. The summed E-state index contributed by atoms with van der Waals surface area (Å²) < 4.78 is 5.17. The van der Waals surface area contributed by atoms with Gasteiger partial charge in [-0.2, -0.15) is 5.26 Å². The predicted molar refractivity (Wildman–Crippen MR) is 95.6 cm³/mol. The van der Waals surface area contributed by atoms with Gasteiger partial charge < -0.3 is 14.7 Å². The number of carbonyl (C=O) groups is 1. The number of aromatic nitrogens is 1. The van der Waals surface area contributed by atoms with Crippen LogP contribution in [0.3, 0.4) is 0 Å². The van der Waals surface area contributed by atoms with Crippen molar-refractivity contribution in [3.63, 3.8) is 0 Å². The first-order valence-electron chi connectivity index (χ1n) is 8.51. The summed E-state index contributed by atoms with van der Waals surface area (Å²) in [6.45, 7) is 2.30. The minimum atomic E-state index is -1.19. The maximum absolute atomic E-state index is 13.0. The van der Waals surface area contributed by atoms with E-state index in [4.69, 9.17) is 10.00 Å². The average Bonchev–Trinajstić information content (AvgIpc) is 3.18. The van der Waals surface area contributed by atoms with Crippen molar-refractivity contribution in [1.29, 1.82) is 5.26 Å². The lowest BCUT2D eigenvalue weighted by Gasteiger charge is -2.37. The molecule has 3 rings (SSSR count). The molecule has 1 saturated heterocycles. The number of carbonyl (C=O) groups excluding carboxylic acids is 1. The van der Waals surface area contributed by atoms with Crippen LogP contribution in [0.2, 0.25) is 0 Å². The topological polar surface area (TPSA) is 86.5 Å². The van der Waals surface area contributed by atoms with E-state index in [0.717, 1.165) is 12.0 Å². The SMILES string of the molecule is COc1ccc([C@](C)(O)[C@H]2CCCN2C(=O)c2ccnc(C#N)c2)cc1. The van der Waals surface area contributed by atoms with E-state index < -0.39 is 5.60 Å². The molecule has 2 aromatic rings. The van der Waals surface area contributed by atoms with Crippen LogP contribution in [-0.2, 0) is 5.60 Å². The summed E-state index contributed by atoms with van der Waals surface area (Å²) in [5.74, 6) is 0.518. The zero-order chi connectivity index (χ0) is 18.7. The van der Waals surface area contributed by atoms with Crippen molar-refractivity contribution in [2.45, 2.75) is 31.4 Å². The summed E-state index contributed by atoms with van der Waals surface area (Å²) in [4.78, 5) is 18.6. The average molecular weight is 351 g/mol. The Labute approximate surface area is 152 Å². The number of ether oxygens (including phenoxy) is 1. The minimum absolute atomic E-state index is 0.194. The smallest absolute Gasteiger partial charge is 0.254 e. The number of hydrogen-bond acceptors (Lipinski definition) is 5. The second-order valence-corrected chi connectivity index (χ2v) is 6.57. The second kappa shape index (κ2) is 7.14. The molecule has 6 heteroatoms. The molecule has 1 amide bonds. The molecule has 0 unspecified atom stereocenters. The molecule has 1 aromatic carbocycles. The molecule has 0 radical (unpaired) electrons. The highest BCUT2D eigenvalue weighted by atomic mass is 16.5. The van der Waals surface area contributed by atoms with Crippen LogP contribution in [-0.4, -0.2) is 40.6 Å². The Morgan fingerprint density at radius 3 is 2.77 bits per heavy atom. The van der Waals surface area contributed by atoms with Crippen molar-refractivity contribution in [2.24, 2.45) is 0 Å². The standard InChI is InChI=1S/C20H21N3O3/c1-20(25,15-5-7-17(26-2)8-6-15)18-4-3-11-23(18)19(24)14-9-10-22-16(12-14)13-21/h5-10,12,18,25H,3-4,11H2,1-2H3/t18-,20+/m1/s1. The number of rotatable bonds is 4. The molecule has 0 saturated carbocycles. The van der Waals surface area contributed by atoms with Crippen LogP contribution in [0.25, 0.3) is 0 Å². The first-order chi connectivity index (χ1) is 12.5. The Morgan fingerprint density at radius 2 is 2.12 bits per heavy atom. The second-order valence-electron chi connectivity index (χ2n) is 6.57. The number of likely N-dealkylation sites (tertiary alicyclic amines) is 1. The van der Waals surface area contributed by atoms with Gasteiger partial charge in [0, 0.05) is 18.3 Å². The predicted octanol–water partition coefficient (Wildman–Crippen LogP) is 2.47. The van der Waals surface area contributed by atoms with Gasteiger partial charge in [0.15, 0.2) is 0 Å². The van der Waals surface area contributed by atoms with Gasteiger partial charge in [-0.05, 0) is 49.6 Å². The first kappa shape index (κ1) is 17.9. The van der Waals surface area contributed by atoms with Crippen LogP contribution in [0, 0.1) is 11.3 Å². The third kappa shape index (κ3) is 3.26. The zero-order valence-corrected chi connectivity index (χ0v) is 14.8. The van der Waals surface area contributed by atoms with Crippen LogP contribution >= 0.6 is 0 Å². The summed E-state index contributed by atoms with van der Waals surface area (Å²) >= 11 is 0. The maximum atomic E-state index is 13.0. The van der Waals surface area contributed by atoms with Gasteiger partial charge in [-0.15, -0.1) is 0 Å². The molecule has 134 valence electrons. The van der Waals surface area contributed by atoms with Gasteiger partial charge in [-0.25, -0.2) is 4.98 Å². The highest BCUT2D eigenvalue weighted by Gasteiger charge is 2.42. The number of amides is 1. The van der Waals surface area contributed by atoms with Crippen molar-refractivity contribution >= 4 is 5.91 Å². The van der Waals surface area contributed by atoms with Crippen molar-refractivity contribution in [2.75, 3.05) is 13.7 Å². The molecule has 2 atom stereocenters. The highest BCUT2D eigenvalue weighted by molar-refractivity contribution is 5.94. The Balaban J connectivity index is 1.88. The molecular weight excluding hydrogens is 330 g/mol. The summed E-state index contributed by atoms with van der Waals surface area (Å²) in [5, 5.41) is 20.2. The third-order valence-electron chi connectivity index (χ3n) is 4.96. The van der Waals surface area contributed by atoms with E-state index in [-0.39, 0.29) is 17.6 Å². The molecule has 26 heavy (non-hydrogen) atoms. The van der Waals surface area contributed by atoms with Gasteiger partial charge in [0.25, 0.3) is 5.91 Å². The number of nitrogens with zero attached hydrogens (tertiary/aromatic N) is 3. The molecule has 2 heterocycles. The quantitative estimate of drug-likeness (QED) is 0.914. The summed E-state index contributed by atoms with van der Waals surface area (Å²) in [7, 11) is 1.59. The van der Waals surface area contributed by atoms with Gasteiger partial charge in [0.2, 0.25) is 0 Å². The number of pyridine rings is 1. The minimum Gasteiger partial charge on any atom is -0.497 e. The molecular formula is C20H21N3O3. The van der Waals surface area contributed by atoms with E-state index in [0.29, 0.717) is 24.3 Å². The fourth-order valence-electron chi connectivity index (χ4n) is 3.51. The number of aliphatic hydroxyl groups is 1. The van der Waals surface area contributed by atoms with Gasteiger partial charge in [0.1, 0.15) is 23.1 Å². The molecule has 1 fully saturated rings. The van der Waals surface area contributed by atoms with Gasteiger partial charge in [-0.1, -0.05) is 12.1 Å². The van der Waals surface area contributed by atoms with Crippen LogP contribution in [0.1, 0.15) is 41.4 Å². The molecule has 0 bridgehead atoms. The Bertz CT molecular complexity index is 840. The molecule has 1 aliphatic heterocycles. The summed E-state index contributed by atoms with van der Waals surface area (Å²) in [5.41, 5.74) is 0.154. The summed E-state index contributed by atoms with van der Waals surface area (Å²) in [6, 6.07) is 11.9. The third-order valence-corrected chi connectivity index (χ3v) is 4.96. The number of benzene rings is 1.